The van der Waals surface area contributed by atoms with Crippen LogP contribution in [0.1, 0.15) is 42.9 Å². The molecule has 146 valence electrons. The number of nitriles is 1. The summed E-state index contributed by atoms with van der Waals surface area (Å²) in [6, 6.07) is 18.1. The zero-order valence-corrected chi connectivity index (χ0v) is 16.1. The smallest absolute Gasteiger partial charge is 0.124 e. The summed E-state index contributed by atoms with van der Waals surface area (Å²) in [5, 5.41) is 22.1. The summed E-state index contributed by atoms with van der Waals surface area (Å²) < 4.78 is 6.26. The van der Waals surface area contributed by atoms with Gasteiger partial charge in [-0.25, -0.2) is 0 Å². The molecule has 3 unspecified atom stereocenters. The van der Waals surface area contributed by atoms with Crippen molar-refractivity contribution < 1.29 is 9.84 Å². The lowest BCUT2D eigenvalue weighted by atomic mass is 10.0. The summed E-state index contributed by atoms with van der Waals surface area (Å²) in [6.07, 6.45) is 4.52. The van der Waals surface area contributed by atoms with Crippen LogP contribution in [0.2, 0.25) is 0 Å². The third-order valence-electron chi connectivity index (χ3n) is 5.94. The quantitative estimate of drug-likeness (QED) is 0.772. The first-order valence-corrected chi connectivity index (χ1v) is 10.1. The first kappa shape index (κ1) is 18.8. The fourth-order valence-corrected chi connectivity index (χ4v) is 4.45. The number of phenolic OH excluding ortho intramolecular Hbond substituents is 1. The predicted octanol–water partition coefficient (Wildman–Crippen LogP) is 3.60. The molecule has 0 aliphatic carbocycles. The third-order valence-corrected chi connectivity index (χ3v) is 5.94. The molecule has 5 nitrogen and oxygen atoms in total. The number of hydrogen-bond donors (Lipinski definition) is 2. The van der Waals surface area contributed by atoms with Crippen LogP contribution < -0.4 is 10.1 Å². The van der Waals surface area contributed by atoms with Gasteiger partial charge >= 0.3 is 0 Å². The van der Waals surface area contributed by atoms with E-state index >= 15 is 0 Å². The maximum Gasteiger partial charge on any atom is 0.124 e. The van der Waals surface area contributed by atoms with E-state index in [1.807, 2.05) is 24.3 Å². The van der Waals surface area contributed by atoms with E-state index < -0.39 is 0 Å². The Morgan fingerprint density at radius 1 is 1.07 bits per heavy atom. The number of piperazine rings is 1. The van der Waals surface area contributed by atoms with Crippen molar-refractivity contribution in [3.63, 3.8) is 0 Å². The van der Waals surface area contributed by atoms with E-state index in [2.05, 4.69) is 16.3 Å². The minimum Gasteiger partial charge on any atom is -0.508 e. The Bertz CT molecular complexity index is 797. The zero-order chi connectivity index (χ0) is 19.3. The van der Waals surface area contributed by atoms with E-state index in [0.29, 0.717) is 17.6 Å². The van der Waals surface area contributed by atoms with Gasteiger partial charge in [0.05, 0.1) is 11.6 Å². The van der Waals surface area contributed by atoms with Crippen LogP contribution in [0.15, 0.2) is 48.5 Å². The van der Waals surface area contributed by atoms with Gasteiger partial charge in [-0.2, -0.15) is 5.26 Å². The van der Waals surface area contributed by atoms with E-state index in [4.69, 9.17) is 10.00 Å². The van der Waals surface area contributed by atoms with Crippen molar-refractivity contribution in [2.75, 3.05) is 19.6 Å². The highest BCUT2D eigenvalue weighted by molar-refractivity contribution is 5.34. The van der Waals surface area contributed by atoms with Crippen LogP contribution in [0.4, 0.5) is 0 Å². The van der Waals surface area contributed by atoms with Gasteiger partial charge in [0.15, 0.2) is 0 Å². The number of hydrogen-bond acceptors (Lipinski definition) is 5. The third kappa shape index (κ3) is 4.30. The lowest BCUT2D eigenvalue weighted by molar-refractivity contribution is 0.135. The number of nitrogens with one attached hydrogen (secondary N) is 1. The molecule has 0 saturated carbocycles. The Hall–Kier alpha value is -2.55. The molecular formula is C23H27N3O2. The molecule has 2 saturated heterocycles. The van der Waals surface area contributed by atoms with Crippen molar-refractivity contribution in [3.05, 3.63) is 59.7 Å². The first-order valence-electron chi connectivity index (χ1n) is 10.1. The Kier molecular flexibility index (Phi) is 5.80. The van der Waals surface area contributed by atoms with Crippen LogP contribution in [-0.4, -0.2) is 41.7 Å². The van der Waals surface area contributed by atoms with Gasteiger partial charge in [-0.1, -0.05) is 12.1 Å². The Morgan fingerprint density at radius 2 is 1.75 bits per heavy atom. The van der Waals surface area contributed by atoms with Crippen molar-refractivity contribution in [2.45, 2.75) is 43.9 Å². The summed E-state index contributed by atoms with van der Waals surface area (Å²) in [5.41, 5.74) is 1.74. The molecule has 2 aliphatic heterocycles. The molecule has 0 spiro atoms. The van der Waals surface area contributed by atoms with Gasteiger partial charge in [-0.15, -0.1) is 0 Å². The number of aromatic hydroxyl groups is 1. The Labute approximate surface area is 166 Å². The Morgan fingerprint density at radius 3 is 2.39 bits per heavy atom. The summed E-state index contributed by atoms with van der Waals surface area (Å²) >= 11 is 0. The molecule has 3 atom stereocenters. The highest BCUT2D eigenvalue weighted by Crippen LogP contribution is 2.30. The predicted molar refractivity (Wildman–Crippen MR) is 108 cm³/mol. The monoisotopic (exact) mass is 377 g/mol. The van der Waals surface area contributed by atoms with Crippen LogP contribution in [0.5, 0.6) is 11.5 Å². The maximum atomic E-state index is 9.51. The number of fused-ring (bicyclic) bond motifs is 2. The molecule has 2 bridgehead atoms. The largest absolute Gasteiger partial charge is 0.508 e. The normalized spacial score (nSPS) is 22.5. The molecule has 5 heteroatoms. The van der Waals surface area contributed by atoms with E-state index in [1.54, 1.807) is 24.3 Å². The van der Waals surface area contributed by atoms with Gasteiger partial charge in [0.2, 0.25) is 0 Å². The van der Waals surface area contributed by atoms with E-state index in [9.17, 15) is 5.11 Å². The lowest BCUT2D eigenvalue weighted by Crippen LogP contribution is -2.51. The van der Waals surface area contributed by atoms with E-state index in [0.717, 1.165) is 43.8 Å². The first-order chi connectivity index (χ1) is 13.7. The minimum absolute atomic E-state index is 0.0714. The van der Waals surface area contributed by atoms with Crippen LogP contribution >= 0.6 is 0 Å². The van der Waals surface area contributed by atoms with Crippen molar-refractivity contribution >= 4 is 0 Å². The Balaban J connectivity index is 1.42. The summed E-state index contributed by atoms with van der Waals surface area (Å²) in [6.45, 7) is 3.32. The van der Waals surface area contributed by atoms with Crippen molar-refractivity contribution in [2.24, 2.45) is 0 Å². The summed E-state index contributed by atoms with van der Waals surface area (Å²) in [5.74, 6) is 0.978. The fraction of sp³-hybridized carbons (Fsp3) is 0.435. The molecule has 0 aromatic heterocycles. The number of phenols is 1. The van der Waals surface area contributed by atoms with Gasteiger partial charge in [-0.05, 0) is 74.2 Å². The van der Waals surface area contributed by atoms with Gasteiger partial charge < -0.3 is 15.2 Å². The molecular weight excluding hydrogens is 350 g/mol. The summed E-state index contributed by atoms with van der Waals surface area (Å²) in [7, 11) is 0. The molecule has 2 N–H and O–H groups in total. The topological polar surface area (TPSA) is 68.5 Å². The summed E-state index contributed by atoms with van der Waals surface area (Å²) in [4.78, 5) is 2.67. The number of ether oxygens (including phenoxy) is 1. The molecule has 2 heterocycles. The molecule has 2 aromatic rings. The highest BCUT2D eigenvalue weighted by atomic mass is 16.5. The molecule has 28 heavy (non-hydrogen) atoms. The second-order valence-electron chi connectivity index (χ2n) is 7.76. The molecule has 0 radical (unpaired) electrons. The average Bonchev–Trinajstić information content (AvgIpc) is 2.95. The standard InChI is InChI=1S/C23H27N3O2/c24-14-17-3-5-18(6-4-17)23(28-22-11-9-21(27)10-12-22)2-1-13-26-19-7-8-20(26)16-25-15-19/h3-6,9-12,19-20,23,25,27H,1-2,7-8,13,15-16H2. The van der Waals surface area contributed by atoms with Crippen LogP contribution in [-0.2, 0) is 0 Å². The number of benzene rings is 2. The molecule has 2 aromatic carbocycles. The van der Waals surface area contributed by atoms with Crippen molar-refractivity contribution in [1.29, 1.82) is 5.26 Å². The molecule has 4 rings (SSSR count). The van der Waals surface area contributed by atoms with Crippen LogP contribution in [0.3, 0.4) is 0 Å². The number of nitrogens with zero attached hydrogens (tertiary/aromatic N) is 2. The van der Waals surface area contributed by atoms with Gasteiger partial charge in [0.1, 0.15) is 17.6 Å². The lowest BCUT2D eigenvalue weighted by Gasteiger charge is -2.35. The van der Waals surface area contributed by atoms with Crippen molar-refractivity contribution in [3.8, 4) is 17.6 Å². The van der Waals surface area contributed by atoms with Gasteiger partial charge in [0, 0.05) is 25.2 Å². The average molecular weight is 377 g/mol. The van der Waals surface area contributed by atoms with E-state index in [1.165, 1.54) is 12.8 Å². The SMILES string of the molecule is N#Cc1ccc(C(CCCN2C3CCC2CNC3)Oc2ccc(O)cc2)cc1. The molecule has 0 amide bonds. The number of rotatable bonds is 7. The van der Waals surface area contributed by atoms with Crippen LogP contribution in [0.25, 0.3) is 0 Å². The minimum atomic E-state index is -0.0714. The van der Waals surface area contributed by atoms with Crippen LogP contribution in [0, 0.1) is 11.3 Å². The second kappa shape index (κ2) is 8.64. The molecule has 2 fully saturated rings. The fourth-order valence-electron chi connectivity index (χ4n) is 4.45. The second-order valence-corrected chi connectivity index (χ2v) is 7.76. The highest BCUT2D eigenvalue weighted by Gasteiger charge is 2.35. The zero-order valence-electron chi connectivity index (χ0n) is 16.1. The van der Waals surface area contributed by atoms with Crippen molar-refractivity contribution in [1.82, 2.24) is 10.2 Å². The van der Waals surface area contributed by atoms with Gasteiger partial charge in [-0.3, -0.25) is 4.90 Å². The van der Waals surface area contributed by atoms with E-state index in [-0.39, 0.29) is 11.9 Å². The maximum absolute atomic E-state index is 9.51. The van der Waals surface area contributed by atoms with Gasteiger partial charge in [0.25, 0.3) is 0 Å². The molecule has 2 aliphatic rings.